The number of amides is 2. The maximum Gasteiger partial charge on any atom is 0.257 e. The minimum absolute atomic E-state index is 0.192. The van der Waals surface area contributed by atoms with Gasteiger partial charge in [-0.15, -0.1) is 0 Å². The molecule has 2 aliphatic carbocycles. The first kappa shape index (κ1) is 45.0. The van der Waals surface area contributed by atoms with Gasteiger partial charge in [0.1, 0.15) is 29.0 Å². The van der Waals surface area contributed by atoms with Crippen molar-refractivity contribution in [2.75, 3.05) is 23.7 Å². The zero-order valence-electron chi connectivity index (χ0n) is 40.3. The van der Waals surface area contributed by atoms with Crippen LogP contribution in [0.3, 0.4) is 0 Å². The number of nitrogens with zero attached hydrogens (tertiary/aromatic N) is 12. The highest BCUT2D eigenvalue weighted by Crippen LogP contribution is 2.41. The molecule has 8 aromatic rings. The van der Waals surface area contributed by atoms with E-state index in [9.17, 15) is 19.8 Å². The number of aliphatic hydroxyl groups excluding tert-OH is 2. The second-order valence-electron chi connectivity index (χ2n) is 20.4. The molecule has 0 bridgehead atoms. The first-order chi connectivity index (χ1) is 34.5. The van der Waals surface area contributed by atoms with Gasteiger partial charge in [-0.3, -0.25) is 19.6 Å². The van der Waals surface area contributed by atoms with Crippen molar-refractivity contribution in [3.05, 3.63) is 95.6 Å². The number of aliphatic hydroxyl groups is 2. The minimum Gasteiger partial charge on any atom is -0.384 e. The van der Waals surface area contributed by atoms with Crippen LogP contribution in [-0.2, 0) is 35.5 Å². The van der Waals surface area contributed by atoms with E-state index in [2.05, 4.69) is 38.6 Å². The molecule has 2 fully saturated rings. The fourth-order valence-electron chi connectivity index (χ4n) is 11.6. The molecule has 2 aliphatic heterocycles. The lowest BCUT2D eigenvalue weighted by atomic mass is 9.87. The standard InChI is InChI=1S/C53H58N14O4/c1-29-4-9-35(10-5-29)66-43-25-54-17-14-37(43)39-23-57-53(62-48(39)66)61-46-20-32-15-18-65(28-34(32)22-56-46)51(71)47(69)42-21-38-40-24-58-52(63-49(40)67(44(38)26-55-42)36-11-6-30(2)7-12-36)60-45-13-8-33-27-64(50(70)31(3)68)19-16-41(33)59-45/h8,13-14,17,20-26,29-31,35-36,47,68-69H,4-7,9-12,15-16,18-19,27-28H2,1-3H3,(H,56,57,61,62)(H,58,59,60,63)/t29?,30?,31-,35?,36?,47?/m1/s1. The van der Waals surface area contributed by atoms with Crippen molar-refractivity contribution >= 4 is 79.2 Å². The van der Waals surface area contributed by atoms with Crippen LogP contribution in [0.5, 0.6) is 0 Å². The fourth-order valence-corrected chi connectivity index (χ4v) is 11.6. The van der Waals surface area contributed by atoms with Gasteiger partial charge in [-0.2, -0.15) is 9.97 Å². The van der Waals surface area contributed by atoms with E-state index in [-0.39, 0.29) is 17.6 Å². The Morgan fingerprint density at radius 2 is 1.23 bits per heavy atom. The van der Waals surface area contributed by atoms with E-state index in [1.807, 2.05) is 48.9 Å². The summed E-state index contributed by atoms with van der Waals surface area (Å²) in [7, 11) is 0. The molecule has 1 unspecified atom stereocenters. The molecule has 10 heterocycles. The SMILES string of the molecule is CC1CCC(n2c3cnccc3c3cnc(Nc4cc5c(cn4)CN(C(=O)C(O)c4cc6c7cnc(Nc8ccc9c(n8)CCN(C(=O)[C@@H](C)O)C9)nc7n(C7CCC(C)CC7)c6cn4)CC5)nc32)CC1. The lowest BCUT2D eigenvalue weighted by Gasteiger charge is -2.30. The zero-order valence-corrected chi connectivity index (χ0v) is 40.3. The average molecular weight is 955 g/mol. The van der Waals surface area contributed by atoms with Gasteiger partial charge < -0.3 is 39.8 Å². The van der Waals surface area contributed by atoms with Gasteiger partial charge in [-0.1, -0.05) is 19.9 Å². The molecule has 71 heavy (non-hydrogen) atoms. The van der Waals surface area contributed by atoms with Gasteiger partial charge in [0.25, 0.3) is 11.8 Å². The summed E-state index contributed by atoms with van der Waals surface area (Å²) in [5.74, 6) is 2.75. The van der Waals surface area contributed by atoms with Crippen molar-refractivity contribution in [3.8, 4) is 0 Å². The van der Waals surface area contributed by atoms with Crippen LogP contribution in [-0.4, -0.2) is 100 Å². The first-order valence-corrected chi connectivity index (χ1v) is 25.2. The molecule has 0 aromatic carbocycles. The monoisotopic (exact) mass is 954 g/mol. The van der Waals surface area contributed by atoms with Gasteiger partial charge >= 0.3 is 0 Å². The zero-order chi connectivity index (χ0) is 48.5. The molecule has 4 aliphatic rings. The molecule has 2 amide bonds. The molecule has 364 valence electrons. The van der Waals surface area contributed by atoms with Crippen molar-refractivity contribution in [1.29, 1.82) is 0 Å². The molecule has 8 aromatic heterocycles. The smallest absolute Gasteiger partial charge is 0.257 e. The Bertz CT molecular complexity index is 3370. The van der Waals surface area contributed by atoms with E-state index in [0.717, 1.165) is 111 Å². The normalized spacial score (nSPS) is 21.3. The quantitative estimate of drug-likeness (QED) is 0.108. The molecular formula is C53H58N14O4. The second-order valence-corrected chi connectivity index (χ2v) is 20.4. The lowest BCUT2D eigenvalue weighted by Crippen LogP contribution is -2.41. The van der Waals surface area contributed by atoms with Crippen molar-refractivity contribution in [1.82, 2.24) is 58.8 Å². The predicted octanol–water partition coefficient (Wildman–Crippen LogP) is 7.94. The third-order valence-corrected chi connectivity index (χ3v) is 15.6. The summed E-state index contributed by atoms with van der Waals surface area (Å²) >= 11 is 0. The maximum atomic E-state index is 14.1. The number of rotatable bonds is 9. The molecule has 0 saturated heterocycles. The number of hydrogen-bond donors (Lipinski definition) is 4. The van der Waals surface area contributed by atoms with Gasteiger partial charge in [0.05, 0.1) is 29.1 Å². The Kier molecular flexibility index (Phi) is 11.5. The van der Waals surface area contributed by atoms with Crippen molar-refractivity contribution in [3.63, 3.8) is 0 Å². The van der Waals surface area contributed by atoms with E-state index >= 15 is 0 Å². The van der Waals surface area contributed by atoms with Crippen LogP contribution in [0.1, 0.15) is 118 Å². The highest BCUT2D eigenvalue weighted by molar-refractivity contribution is 6.07. The van der Waals surface area contributed by atoms with Crippen molar-refractivity contribution in [2.24, 2.45) is 11.8 Å². The number of fused-ring (bicyclic) bond motifs is 8. The Balaban J connectivity index is 0.770. The summed E-state index contributed by atoms with van der Waals surface area (Å²) in [5, 5.41) is 32.0. The minimum atomic E-state index is -1.48. The van der Waals surface area contributed by atoms with Gasteiger partial charge in [-0.25, -0.2) is 19.9 Å². The van der Waals surface area contributed by atoms with E-state index in [1.165, 1.54) is 19.8 Å². The summed E-state index contributed by atoms with van der Waals surface area (Å²) in [6.45, 7) is 7.73. The van der Waals surface area contributed by atoms with E-state index < -0.39 is 18.1 Å². The number of anilines is 4. The van der Waals surface area contributed by atoms with Crippen LogP contribution in [0.15, 0.2) is 67.5 Å². The Labute approximate surface area is 410 Å². The number of pyridine rings is 4. The predicted molar refractivity (Wildman–Crippen MR) is 269 cm³/mol. The average Bonchev–Trinajstić information content (AvgIpc) is 3.89. The molecule has 18 nitrogen and oxygen atoms in total. The molecule has 0 spiro atoms. The summed E-state index contributed by atoms with van der Waals surface area (Å²) < 4.78 is 4.63. The topological polar surface area (TPSA) is 218 Å². The van der Waals surface area contributed by atoms with Crippen molar-refractivity contribution in [2.45, 2.75) is 122 Å². The van der Waals surface area contributed by atoms with Gasteiger partial charge in [-0.05, 0) is 118 Å². The fraction of sp³-hybridized carbons (Fsp3) is 0.434. The molecular weight excluding hydrogens is 897 g/mol. The van der Waals surface area contributed by atoms with Crippen LogP contribution in [0.4, 0.5) is 23.5 Å². The van der Waals surface area contributed by atoms with Gasteiger partial charge in [0.15, 0.2) is 6.10 Å². The van der Waals surface area contributed by atoms with E-state index in [4.69, 9.17) is 34.9 Å². The van der Waals surface area contributed by atoms with Crippen LogP contribution in [0.2, 0.25) is 0 Å². The lowest BCUT2D eigenvalue weighted by molar-refractivity contribution is -0.141. The van der Waals surface area contributed by atoms with Crippen LogP contribution >= 0.6 is 0 Å². The van der Waals surface area contributed by atoms with Crippen LogP contribution in [0, 0.1) is 11.8 Å². The Morgan fingerprint density at radius 1 is 0.606 bits per heavy atom. The van der Waals surface area contributed by atoms with Gasteiger partial charge in [0.2, 0.25) is 11.9 Å². The molecule has 4 N–H and O–H groups in total. The van der Waals surface area contributed by atoms with Crippen LogP contribution < -0.4 is 10.6 Å². The number of carbonyl (C=O) groups excluding carboxylic acids is 2. The molecule has 0 radical (unpaired) electrons. The molecule has 12 rings (SSSR count). The highest BCUT2D eigenvalue weighted by Gasteiger charge is 2.32. The molecule has 18 heteroatoms. The maximum absolute atomic E-state index is 14.1. The Hall–Kier alpha value is -7.18. The third kappa shape index (κ3) is 8.35. The van der Waals surface area contributed by atoms with E-state index in [1.54, 1.807) is 28.4 Å². The number of hydrogen-bond acceptors (Lipinski definition) is 14. The van der Waals surface area contributed by atoms with Crippen molar-refractivity contribution < 1.29 is 19.8 Å². The van der Waals surface area contributed by atoms with E-state index in [0.29, 0.717) is 74.5 Å². The first-order valence-electron chi connectivity index (χ1n) is 25.2. The summed E-state index contributed by atoms with van der Waals surface area (Å²) in [6.07, 6.45) is 18.4. The van der Waals surface area contributed by atoms with Gasteiger partial charge in [0, 0.05) is 96.7 Å². The van der Waals surface area contributed by atoms with Crippen LogP contribution in [0.25, 0.3) is 43.9 Å². The highest BCUT2D eigenvalue weighted by atomic mass is 16.3. The summed E-state index contributed by atoms with van der Waals surface area (Å²) in [6, 6.07) is 10.2. The third-order valence-electron chi connectivity index (χ3n) is 15.6. The second kappa shape index (κ2) is 18.2. The number of aromatic nitrogens is 10. The largest absolute Gasteiger partial charge is 0.384 e. The number of nitrogens with one attached hydrogen (secondary N) is 2. The Morgan fingerprint density at radius 3 is 1.92 bits per heavy atom. The summed E-state index contributed by atoms with van der Waals surface area (Å²) in [5.41, 5.74) is 7.68. The molecule has 2 saturated carbocycles. The molecule has 2 atom stereocenters. The number of carbonyl (C=O) groups is 2. The summed E-state index contributed by atoms with van der Waals surface area (Å²) in [4.78, 5) is 68.3.